The van der Waals surface area contributed by atoms with Crippen LogP contribution in [0.5, 0.6) is 11.8 Å². The number of fused-ring (bicyclic) bond motifs is 4. The number of alkyl halides is 3. The summed E-state index contributed by atoms with van der Waals surface area (Å²) in [5.74, 6) is -2.72. The molecule has 6 N–H and O–H groups in total. The van der Waals surface area contributed by atoms with Crippen LogP contribution >= 0.6 is 11.3 Å². The number of aliphatic hydroxyl groups is 2. The number of piperazine rings is 1. The average molecular weight is 1200 g/mol. The molecular formula is C62H60F5N11O7S. The molecule has 0 aliphatic carbocycles. The van der Waals surface area contributed by atoms with Crippen LogP contribution in [0.15, 0.2) is 97.2 Å². The zero-order valence-corrected chi connectivity index (χ0v) is 47.5. The summed E-state index contributed by atoms with van der Waals surface area (Å²) in [4.78, 5) is 41.6. The summed E-state index contributed by atoms with van der Waals surface area (Å²) < 4.78 is 98.3. The highest BCUT2D eigenvalue weighted by Gasteiger charge is 2.44. The van der Waals surface area contributed by atoms with Crippen molar-refractivity contribution in [1.29, 1.82) is 5.26 Å². The van der Waals surface area contributed by atoms with Gasteiger partial charge in [-0.1, -0.05) is 91.9 Å². The lowest BCUT2D eigenvalue weighted by molar-refractivity contribution is -0.142. The van der Waals surface area contributed by atoms with E-state index in [4.69, 9.17) is 29.9 Å². The molecular weight excluding hydrogens is 1140 g/mol. The maximum absolute atomic E-state index is 16.0. The van der Waals surface area contributed by atoms with E-state index in [9.17, 15) is 29.5 Å². The fourth-order valence-electron chi connectivity index (χ4n) is 12.3. The van der Waals surface area contributed by atoms with E-state index < -0.39 is 71.6 Å². The molecule has 0 spiro atoms. The molecule has 2 amide bonds. The predicted octanol–water partition coefficient (Wildman–Crippen LogP) is 9.27. The molecule has 6 atom stereocenters. The van der Waals surface area contributed by atoms with Crippen LogP contribution < -0.4 is 30.7 Å². The monoisotopic (exact) mass is 1200 g/mol. The van der Waals surface area contributed by atoms with E-state index in [1.165, 1.54) is 21.7 Å². The number of thiophene rings is 1. The fraction of sp³-hybridized carbons (Fsp3) is 0.371. The summed E-state index contributed by atoms with van der Waals surface area (Å²) >= 11 is 0.757. The highest BCUT2D eigenvalue weighted by Crippen LogP contribution is 2.52. The molecule has 4 aliphatic heterocycles. The second-order valence-electron chi connectivity index (χ2n) is 22.6. The summed E-state index contributed by atoms with van der Waals surface area (Å²) in [7, 11) is 0. The van der Waals surface area contributed by atoms with Gasteiger partial charge in [0.1, 0.15) is 64.5 Å². The highest BCUT2D eigenvalue weighted by atomic mass is 32.1. The van der Waals surface area contributed by atoms with Crippen molar-refractivity contribution in [3.05, 3.63) is 131 Å². The van der Waals surface area contributed by atoms with Gasteiger partial charge in [0.05, 0.1) is 54.0 Å². The van der Waals surface area contributed by atoms with Crippen LogP contribution in [0, 0.1) is 28.9 Å². The number of hydrogen-bond donors (Lipinski definition) is 5. The molecule has 0 radical (unpaired) electrons. The molecule has 12 rings (SSSR count). The fourth-order valence-corrected chi connectivity index (χ4v) is 13.2. The molecule has 446 valence electrons. The van der Waals surface area contributed by atoms with Crippen LogP contribution in [-0.2, 0) is 27.1 Å². The number of ether oxygens (including phenoxy) is 3. The highest BCUT2D eigenvalue weighted by molar-refractivity contribution is 7.23. The number of nitrogen functional groups attached to an aromatic ring is 1. The normalized spacial score (nSPS) is 19.7. The third kappa shape index (κ3) is 11.4. The van der Waals surface area contributed by atoms with E-state index in [2.05, 4.69) is 20.9 Å². The number of carbonyl (C=O) groups excluding carboxylic acids is 2. The first-order chi connectivity index (χ1) is 41.4. The van der Waals surface area contributed by atoms with Crippen LogP contribution in [0.2, 0.25) is 0 Å². The third-order valence-corrected chi connectivity index (χ3v) is 17.6. The van der Waals surface area contributed by atoms with E-state index in [1.54, 1.807) is 72.9 Å². The Labute approximate surface area is 494 Å². The van der Waals surface area contributed by atoms with E-state index in [1.807, 2.05) is 24.8 Å². The van der Waals surface area contributed by atoms with Gasteiger partial charge in [-0.15, -0.1) is 16.4 Å². The summed E-state index contributed by atoms with van der Waals surface area (Å²) in [6.45, 7) is 4.47. The zero-order valence-electron chi connectivity index (χ0n) is 46.7. The van der Waals surface area contributed by atoms with E-state index in [0.29, 0.717) is 72.7 Å². The number of carbonyl (C=O) groups is 2. The van der Waals surface area contributed by atoms with Crippen molar-refractivity contribution >= 4 is 55.0 Å². The number of nitrogens with one attached hydrogen (secondary N) is 2. The number of aliphatic hydroxyl groups excluding tert-OH is 2. The largest absolute Gasteiger partial charge is 0.486 e. The number of hydrogen-bond acceptors (Lipinski definition) is 16. The topological polar surface area (TPSA) is 239 Å². The maximum Gasteiger partial charge on any atom is 0.417 e. The van der Waals surface area contributed by atoms with Crippen molar-refractivity contribution in [3.63, 3.8) is 0 Å². The minimum atomic E-state index is -5.04. The van der Waals surface area contributed by atoms with Gasteiger partial charge in [0.25, 0.3) is 0 Å². The predicted molar refractivity (Wildman–Crippen MR) is 311 cm³/mol. The number of aromatic nitrogens is 5. The van der Waals surface area contributed by atoms with Crippen molar-refractivity contribution in [2.45, 2.75) is 101 Å². The Morgan fingerprint density at radius 2 is 1.65 bits per heavy atom. The Bertz CT molecular complexity index is 3900. The second kappa shape index (κ2) is 23.8. The summed E-state index contributed by atoms with van der Waals surface area (Å²) in [6.07, 6.45) is -2.07. The lowest BCUT2D eigenvalue weighted by Gasteiger charge is -2.35. The van der Waals surface area contributed by atoms with Gasteiger partial charge in [-0.05, 0) is 59.2 Å². The molecule has 18 nitrogen and oxygen atoms in total. The molecule has 3 aromatic heterocycles. The van der Waals surface area contributed by atoms with Crippen molar-refractivity contribution in [3.8, 4) is 51.3 Å². The average Bonchev–Trinajstić information content (AvgIpc) is 1.38. The number of nitriles is 1. The summed E-state index contributed by atoms with van der Waals surface area (Å²) in [5, 5.41) is 46.7. The van der Waals surface area contributed by atoms with Gasteiger partial charge < -0.3 is 50.6 Å². The Morgan fingerprint density at radius 1 is 0.930 bits per heavy atom. The first-order valence-electron chi connectivity index (χ1n) is 28.4. The number of likely N-dealkylation sites (tertiary alicyclic amines) is 1. The molecule has 2 bridgehead atoms. The molecule has 2 unspecified atom stereocenters. The van der Waals surface area contributed by atoms with Gasteiger partial charge in [0.2, 0.25) is 11.8 Å². The molecule has 0 saturated carbocycles. The minimum absolute atomic E-state index is 0.00188. The van der Waals surface area contributed by atoms with E-state index in [-0.39, 0.29) is 98.4 Å². The standard InChI is InChI=1S/C62H60F5N11O7S/c1-32(2)54(60(82)77-28-39(80)23-50(77)59(81)71-49(30-79)36-13-11-34(12-14-36)41-5-3-4-6-46(41)63)78-29-48(74-75-78)35-9-7-33(8-10-35)31-84-55-52(42-17-18-47(64)56-51(42)44(25-68)57(69)86-56)45(62(65,66)67)24-43-53(55)72-61(85-40-19-21-83-22-20-40)73-58(43)76-26-37-15-16-38(27-76)70-37/h3-14,17-18,24,29,32,37-40,49-50,54,70,79-80H,15-16,19-23,26-28,30-31,69H2,1-2H3,(H,71,81)/t37?,38?,39-,49+,50+,54+/m1/s1. The van der Waals surface area contributed by atoms with Crippen LogP contribution in [0.1, 0.15) is 80.3 Å². The van der Waals surface area contributed by atoms with Crippen molar-refractivity contribution in [2.24, 2.45) is 5.92 Å². The van der Waals surface area contributed by atoms with Crippen molar-refractivity contribution in [1.82, 2.24) is 40.5 Å². The number of benzene rings is 5. The minimum Gasteiger partial charge on any atom is -0.486 e. The molecule has 4 aliphatic rings. The first kappa shape index (κ1) is 58.1. The maximum atomic E-state index is 16.0. The molecule has 86 heavy (non-hydrogen) atoms. The lowest BCUT2D eigenvalue weighted by atomic mass is 9.92. The van der Waals surface area contributed by atoms with Gasteiger partial charge >= 0.3 is 12.2 Å². The second-order valence-corrected chi connectivity index (χ2v) is 23.6. The Hall–Kier alpha value is -8.34. The van der Waals surface area contributed by atoms with E-state index in [0.717, 1.165) is 36.3 Å². The molecule has 7 heterocycles. The van der Waals surface area contributed by atoms with Gasteiger partial charge in [0.15, 0.2) is 5.75 Å². The molecule has 8 aromatic rings. The number of nitrogens with zero attached hydrogens (tertiary/aromatic N) is 8. The van der Waals surface area contributed by atoms with Crippen LogP contribution in [0.3, 0.4) is 0 Å². The first-order valence-corrected chi connectivity index (χ1v) is 29.3. The van der Waals surface area contributed by atoms with Crippen LogP contribution in [0.25, 0.3) is 54.5 Å². The van der Waals surface area contributed by atoms with Gasteiger partial charge in [0, 0.05) is 78.4 Å². The molecule has 5 aromatic carbocycles. The number of rotatable bonds is 16. The summed E-state index contributed by atoms with van der Waals surface area (Å²) in [5.41, 5.74) is 7.27. The number of β-amino-alcohol motifs (C(OH)–C–C–N with tert-alkyl or cyclic N) is 1. The Balaban J connectivity index is 0.846. The molecule has 4 saturated heterocycles. The lowest BCUT2D eigenvalue weighted by Crippen LogP contribution is -2.51. The number of halogens is 5. The van der Waals surface area contributed by atoms with E-state index >= 15 is 17.6 Å². The van der Waals surface area contributed by atoms with Crippen molar-refractivity contribution < 1.29 is 56.0 Å². The molecule has 4 fully saturated rings. The quantitative estimate of drug-likeness (QED) is 0.0567. The SMILES string of the molecule is CC(C)[C@@H](C(=O)N1C[C@H](O)C[C@H]1C(=O)N[C@@H](CO)c1ccc(-c2ccccc2F)cc1)n1cc(-c2ccc(COc3c(-c4ccc(F)c5sc(N)c(C#N)c45)c(C(F)(F)F)cc4c(N5CC6CCC(C5)N6)nc(OC5CCOCC5)nc34)cc2)nn1. The van der Waals surface area contributed by atoms with Crippen LogP contribution in [-0.4, -0.2) is 122 Å². The number of amides is 2. The summed E-state index contributed by atoms with van der Waals surface area (Å²) in [6, 6.07) is 22.2. The smallest absolute Gasteiger partial charge is 0.417 e. The van der Waals surface area contributed by atoms with Gasteiger partial charge in [-0.3, -0.25) is 9.59 Å². The molecule has 24 heteroatoms. The third-order valence-electron chi connectivity index (χ3n) is 16.5. The van der Waals surface area contributed by atoms with Gasteiger partial charge in [-0.25, -0.2) is 13.5 Å². The zero-order chi connectivity index (χ0) is 60.1. The Morgan fingerprint density at radius 3 is 2.34 bits per heavy atom. The number of nitrogens with two attached hydrogens (primary N) is 1. The number of anilines is 2. The Kier molecular flexibility index (Phi) is 16.1. The van der Waals surface area contributed by atoms with Crippen LogP contribution in [0.4, 0.5) is 32.8 Å². The van der Waals surface area contributed by atoms with Gasteiger partial charge in [-0.2, -0.15) is 28.4 Å². The van der Waals surface area contributed by atoms with Crippen molar-refractivity contribution in [2.75, 3.05) is 50.1 Å².